The van der Waals surface area contributed by atoms with Crippen molar-refractivity contribution < 1.29 is 23.0 Å². The third-order valence-electron chi connectivity index (χ3n) is 2.20. The topological polar surface area (TPSA) is 70.8 Å². The van der Waals surface area contributed by atoms with Gasteiger partial charge in [-0.1, -0.05) is 33.5 Å². The van der Waals surface area contributed by atoms with Crippen molar-refractivity contribution in [3.05, 3.63) is 5.21 Å². The van der Waals surface area contributed by atoms with Gasteiger partial charge in [0.15, 0.2) is 8.32 Å². The molecule has 0 amide bonds. The van der Waals surface area contributed by atoms with Crippen LogP contribution in [0.4, 0.5) is 0 Å². The molecule has 0 aliphatic heterocycles. The van der Waals surface area contributed by atoms with Crippen molar-refractivity contribution in [2.45, 2.75) is 39.1 Å². The SMILES string of the molecule is COP(=O)(OC)C(/C=[N+](\[O-])O[Si](C)(C)C)C(C)C. The molecule has 0 aromatic rings. The second kappa shape index (κ2) is 6.70. The lowest BCUT2D eigenvalue weighted by Crippen LogP contribution is -2.33. The van der Waals surface area contributed by atoms with E-state index in [1.807, 2.05) is 33.5 Å². The average molecular weight is 297 g/mol. The number of nitrogens with zero attached hydrogens (tertiary/aromatic N) is 1. The average Bonchev–Trinajstić information content (AvgIpc) is 2.22. The summed E-state index contributed by atoms with van der Waals surface area (Å²) in [5, 5.41) is 11.7. The van der Waals surface area contributed by atoms with E-state index in [0.717, 1.165) is 0 Å². The largest absolute Gasteiger partial charge is 0.444 e. The first kappa shape index (κ1) is 17.6. The van der Waals surface area contributed by atoms with E-state index in [1.165, 1.54) is 20.4 Å². The summed E-state index contributed by atoms with van der Waals surface area (Å²) in [6.07, 6.45) is 1.23. The van der Waals surface area contributed by atoms with E-state index >= 15 is 0 Å². The summed E-state index contributed by atoms with van der Waals surface area (Å²) in [7, 11) is -2.70. The molecule has 1 unspecified atom stereocenters. The molecule has 0 spiro atoms. The zero-order valence-corrected chi connectivity index (χ0v) is 14.1. The van der Waals surface area contributed by atoms with Gasteiger partial charge in [0.25, 0.3) is 0 Å². The Morgan fingerprint density at radius 2 is 1.67 bits per heavy atom. The van der Waals surface area contributed by atoms with E-state index < -0.39 is 21.6 Å². The summed E-state index contributed by atoms with van der Waals surface area (Å²) in [5.74, 6) is -0.0718. The van der Waals surface area contributed by atoms with E-state index in [9.17, 15) is 9.77 Å². The van der Waals surface area contributed by atoms with Crippen molar-refractivity contribution in [2.75, 3.05) is 14.2 Å². The smallest absolute Gasteiger partial charge is 0.343 e. The third kappa shape index (κ3) is 5.52. The highest BCUT2D eigenvalue weighted by Gasteiger charge is 2.38. The Morgan fingerprint density at radius 3 is 1.94 bits per heavy atom. The minimum atomic E-state index is -3.33. The van der Waals surface area contributed by atoms with Crippen LogP contribution < -0.4 is 0 Å². The quantitative estimate of drug-likeness (QED) is 0.237. The maximum Gasteiger partial charge on any atom is 0.343 e. The first-order valence-corrected chi connectivity index (χ1v) is 10.8. The molecule has 0 rings (SSSR count). The van der Waals surface area contributed by atoms with Gasteiger partial charge in [-0.3, -0.25) is 9.77 Å². The lowest BCUT2D eigenvalue weighted by atomic mass is 10.1. The standard InChI is InChI=1S/C10H24NO5PSi/c1-9(2)10(17(13,14-3)15-4)8-11(12)16-18(5,6)7/h8-10H,1-7H3/b11-8+. The lowest BCUT2D eigenvalue weighted by Gasteiger charge is -2.24. The van der Waals surface area contributed by atoms with Gasteiger partial charge in [0.1, 0.15) is 5.66 Å². The van der Waals surface area contributed by atoms with Gasteiger partial charge in [-0.05, 0) is 5.92 Å². The lowest BCUT2D eigenvalue weighted by molar-refractivity contribution is -0.701. The van der Waals surface area contributed by atoms with E-state index in [4.69, 9.17) is 13.6 Å². The van der Waals surface area contributed by atoms with Crippen LogP contribution in [-0.2, 0) is 18.1 Å². The fourth-order valence-electron chi connectivity index (χ4n) is 1.36. The van der Waals surface area contributed by atoms with Gasteiger partial charge in [-0.2, -0.15) is 0 Å². The second-order valence-electron chi connectivity index (χ2n) is 5.28. The van der Waals surface area contributed by atoms with Crippen molar-refractivity contribution >= 4 is 22.1 Å². The predicted molar refractivity (Wildman–Crippen MR) is 74.4 cm³/mol. The summed E-state index contributed by atoms with van der Waals surface area (Å²) in [5.41, 5.74) is -0.638. The van der Waals surface area contributed by atoms with Gasteiger partial charge in [0.05, 0.1) is 0 Å². The molecular formula is C10H24NO5PSi. The van der Waals surface area contributed by atoms with Crippen molar-refractivity contribution in [3.8, 4) is 0 Å². The molecule has 108 valence electrons. The van der Waals surface area contributed by atoms with Crippen molar-refractivity contribution in [2.24, 2.45) is 5.92 Å². The fourth-order valence-corrected chi connectivity index (χ4v) is 3.60. The van der Waals surface area contributed by atoms with Crippen LogP contribution in [0.2, 0.25) is 19.6 Å². The number of rotatable bonds is 7. The Labute approximate surface area is 110 Å². The highest BCUT2D eigenvalue weighted by atomic mass is 31.2. The maximum absolute atomic E-state index is 12.3. The zero-order chi connectivity index (χ0) is 14.6. The van der Waals surface area contributed by atoms with Crippen LogP contribution in [0.3, 0.4) is 0 Å². The first-order valence-electron chi connectivity index (χ1n) is 5.77. The van der Waals surface area contributed by atoms with Crippen LogP contribution >= 0.6 is 7.60 Å². The molecule has 0 aliphatic rings. The van der Waals surface area contributed by atoms with Gasteiger partial charge in [-0.15, -0.1) is 0 Å². The molecule has 0 saturated carbocycles. The van der Waals surface area contributed by atoms with Gasteiger partial charge in [0, 0.05) is 19.1 Å². The molecule has 0 fully saturated rings. The first-order chi connectivity index (χ1) is 8.05. The van der Waals surface area contributed by atoms with Crippen LogP contribution in [-0.4, -0.2) is 39.3 Å². The van der Waals surface area contributed by atoms with Crippen LogP contribution in [0, 0.1) is 11.1 Å². The molecule has 0 bridgehead atoms. The Hall–Kier alpha value is -0.363. The highest BCUT2D eigenvalue weighted by Crippen LogP contribution is 2.53. The van der Waals surface area contributed by atoms with E-state index in [-0.39, 0.29) is 5.92 Å². The summed E-state index contributed by atoms with van der Waals surface area (Å²) in [4.78, 5) is 0.390. The number of hydrogen-bond acceptors (Lipinski definition) is 5. The van der Waals surface area contributed by atoms with E-state index in [2.05, 4.69) is 0 Å². The highest BCUT2D eigenvalue weighted by molar-refractivity contribution is 7.55. The second-order valence-corrected chi connectivity index (χ2v) is 12.1. The zero-order valence-electron chi connectivity index (χ0n) is 12.2. The molecule has 0 heterocycles. The van der Waals surface area contributed by atoms with E-state index in [1.54, 1.807) is 0 Å². The molecule has 0 aromatic heterocycles. The molecule has 0 aromatic carbocycles. The van der Waals surface area contributed by atoms with Crippen molar-refractivity contribution in [1.82, 2.24) is 0 Å². The molecule has 6 nitrogen and oxygen atoms in total. The summed E-state index contributed by atoms with van der Waals surface area (Å²) < 4.78 is 27.4. The van der Waals surface area contributed by atoms with Gasteiger partial charge in [0.2, 0.25) is 6.21 Å². The molecule has 1 atom stereocenters. The van der Waals surface area contributed by atoms with Gasteiger partial charge in [-0.25, -0.2) is 0 Å². The van der Waals surface area contributed by atoms with Crippen molar-refractivity contribution in [1.29, 1.82) is 0 Å². The predicted octanol–water partition coefficient (Wildman–Crippen LogP) is 2.84. The molecule has 18 heavy (non-hydrogen) atoms. The monoisotopic (exact) mass is 297 g/mol. The fraction of sp³-hybridized carbons (Fsp3) is 0.900. The van der Waals surface area contributed by atoms with Crippen LogP contribution in [0.15, 0.2) is 0 Å². The maximum atomic E-state index is 12.3. The van der Waals surface area contributed by atoms with Crippen LogP contribution in [0.5, 0.6) is 0 Å². The van der Waals surface area contributed by atoms with Gasteiger partial charge >= 0.3 is 7.60 Å². The molecule has 0 saturated heterocycles. The van der Waals surface area contributed by atoms with Crippen molar-refractivity contribution in [3.63, 3.8) is 0 Å². The molecule has 0 N–H and O–H groups in total. The van der Waals surface area contributed by atoms with E-state index in [0.29, 0.717) is 4.90 Å². The normalized spacial score (nSPS) is 15.9. The minimum Gasteiger partial charge on any atom is -0.444 e. The Bertz CT molecular complexity index is 332. The number of hydrogen-bond donors (Lipinski definition) is 0. The van der Waals surface area contributed by atoms with Crippen LogP contribution in [0.25, 0.3) is 0 Å². The summed E-state index contributed by atoms with van der Waals surface area (Å²) >= 11 is 0. The van der Waals surface area contributed by atoms with Crippen LogP contribution in [0.1, 0.15) is 13.8 Å². The Kier molecular flexibility index (Phi) is 6.57. The summed E-state index contributed by atoms with van der Waals surface area (Å²) in [6, 6.07) is 0. The van der Waals surface area contributed by atoms with Gasteiger partial charge < -0.3 is 13.6 Å². The molecule has 0 aliphatic carbocycles. The Morgan fingerprint density at radius 1 is 1.22 bits per heavy atom. The molecular weight excluding hydrogens is 273 g/mol. The molecule has 8 heteroatoms. The Balaban J connectivity index is 5.16. The minimum absolute atomic E-state index is 0.0718. The summed E-state index contributed by atoms with van der Waals surface area (Å²) in [6.45, 7) is 9.36. The third-order valence-corrected chi connectivity index (χ3v) is 5.40. The molecule has 0 radical (unpaired) electrons.